The molecule has 0 bridgehead atoms. The van der Waals surface area contributed by atoms with Crippen molar-refractivity contribution in [3.63, 3.8) is 0 Å². The molecule has 1 N–H and O–H groups in total. The maximum absolute atomic E-state index is 13.7. The lowest BCUT2D eigenvalue weighted by molar-refractivity contribution is 0.103. The van der Waals surface area contributed by atoms with Crippen molar-refractivity contribution in [2.24, 2.45) is 0 Å². The molecule has 1 aliphatic carbocycles. The van der Waals surface area contributed by atoms with Crippen LogP contribution in [0.5, 0.6) is 5.75 Å². The maximum Gasteiger partial charge on any atom is 0.199 e. The van der Waals surface area contributed by atoms with Crippen molar-refractivity contribution in [3.05, 3.63) is 96.1 Å². The van der Waals surface area contributed by atoms with Crippen molar-refractivity contribution in [2.75, 3.05) is 0 Å². The van der Waals surface area contributed by atoms with E-state index in [4.69, 9.17) is 4.98 Å². The molecule has 0 saturated heterocycles. The molecule has 1 aliphatic rings. The first-order chi connectivity index (χ1) is 16.2. The molecular weight excluding hydrogens is 406 g/mol. The van der Waals surface area contributed by atoms with E-state index in [0.717, 1.165) is 27.1 Å². The second-order valence-corrected chi connectivity index (χ2v) is 8.81. The molecule has 0 fully saturated rings. The Hall–Kier alpha value is -4.50. The fraction of sp³-hybridized carbons (Fsp3) is 0. The summed E-state index contributed by atoms with van der Waals surface area (Å²) in [6.07, 6.45) is 0. The quantitative estimate of drug-likeness (QED) is 0.208. The lowest BCUT2D eigenvalue weighted by Gasteiger charge is -2.23. The van der Waals surface area contributed by atoms with E-state index in [1.54, 1.807) is 6.07 Å². The fourth-order valence-corrected chi connectivity index (χ4v) is 5.86. The molecule has 152 valence electrons. The summed E-state index contributed by atoms with van der Waals surface area (Å²) in [6, 6.07) is 28.4. The van der Waals surface area contributed by atoms with Gasteiger partial charge in [-0.15, -0.1) is 0 Å². The van der Waals surface area contributed by atoms with Crippen LogP contribution in [0.15, 0.2) is 84.9 Å². The molecule has 0 atom stereocenters. The molecule has 33 heavy (non-hydrogen) atoms. The maximum atomic E-state index is 13.7. The van der Waals surface area contributed by atoms with Gasteiger partial charge in [0.25, 0.3) is 0 Å². The van der Waals surface area contributed by atoms with Gasteiger partial charge in [0.2, 0.25) is 0 Å². The standard InChI is InChI=1S/C30H15NO2/c32-29-20-7-1-2-10-23(20)31-28-21-13-11-18-16-8-3-5-15-6-4-9-17(24(15)16)19-12-14-22(26(21)25(18)19)30(33)27(28)29/h1-14H,(H,31,32). The van der Waals surface area contributed by atoms with E-state index in [1.165, 1.54) is 21.5 Å². The molecule has 0 radical (unpaired) electrons. The average molecular weight is 421 g/mol. The van der Waals surface area contributed by atoms with Gasteiger partial charge in [-0.1, -0.05) is 66.7 Å². The molecule has 3 nitrogen and oxygen atoms in total. The van der Waals surface area contributed by atoms with Gasteiger partial charge in [-0.05, 0) is 55.9 Å². The Balaban J connectivity index is 1.65. The number of rotatable bonds is 0. The van der Waals surface area contributed by atoms with Crippen LogP contribution in [0.1, 0.15) is 15.9 Å². The molecule has 0 spiro atoms. The normalized spacial score (nSPS) is 13.0. The number of pyridine rings is 1. The van der Waals surface area contributed by atoms with E-state index in [0.29, 0.717) is 27.7 Å². The van der Waals surface area contributed by atoms with Gasteiger partial charge < -0.3 is 5.11 Å². The van der Waals surface area contributed by atoms with Crippen molar-refractivity contribution >= 4 is 59.8 Å². The molecule has 1 heterocycles. The van der Waals surface area contributed by atoms with E-state index in [2.05, 4.69) is 54.6 Å². The number of hydrogen-bond acceptors (Lipinski definition) is 3. The zero-order chi connectivity index (χ0) is 21.8. The van der Waals surface area contributed by atoms with Crippen LogP contribution < -0.4 is 0 Å². The first-order valence-corrected chi connectivity index (χ1v) is 11.0. The van der Waals surface area contributed by atoms with Crippen LogP contribution in [0, 0.1) is 0 Å². The van der Waals surface area contributed by atoms with Gasteiger partial charge in [0.1, 0.15) is 5.75 Å². The number of aromatic nitrogens is 1. The van der Waals surface area contributed by atoms with E-state index >= 15 is 0 Å². The number of benzene rings is 6. The predicted molar refractivity (Wildman–Crippen MR) is 133 cm³/mol. The number of fused-ring (bicyclic) bond motifs is 5. The summed E-state index contributed by atoms with van der Waals surface area (Å²) in [4.78, 5) is 18.6. The highest BCUT2D eigenvalue weighted by atomic mass is 16.3. The lowest BCUT2D eigenvalue weighted by atomic mass is 9.80. The third-order valence-electron chi connectivity index (χ3n) is 7.24. The Morgan fingerprint density at radius 2 is 1.21 bits per heavy atom. The van der Waals surface area contributed by atoms with Gasteiger partial charge in [-0.2, -0.15) is 0 Å². The highest BCUT2D eigenvalue weighted by Crippen LogP contribution is 2.48. The molecule has 0 aliphatic heterocycles. The average Bonchev–Trinajstić information content (AvgIpc) is 2.86. The van der Waals surface area contributed by atoms with E-state index in [9.17, 15) is 9.90 Å². The highest BCUT2D eigenvalue weighted by molar-refractivity contribution is 6.38. The van der Waals surface area contributed by atoms with Crippen molar-refractivity contribution in [1.82, 2.24) is 4.98 Å². The Bertz CT molecular complexity index is 1950. The third kappa shape index (κ3) is 1.92. The van der Waals surface area contributed by atoms with Gasteiger partial charge in [-0.3, -0.25) is 4.79 Å². The topological polar surface area (TPSA) is 50.2 Å². The molecular formula is C30H15NO2. The minimum absolute atomic E-state index is 0.00904. The summed E-state index contributed by atoms with van der Waals surface area (Å²) in [5, 5.41) is 20.8. The van der Waals surface area contributed by atoms with Crippen LogP contribution in [0.4, 0.5) is 0 Å². The van der Waals surface area contributed by atoms with Crippen molar-refractivity contribution in [3.8, 4) is 17.0 Å². The molecule has 6 aromatic carbocycles. The number of carbonyl (C=O) groups is 1. The summed E-state index contributed by atoms with van der Waals surface area (Å²) in [7, 11) is 0. The zero-order valence-corrected chi connectivity index (χ0v) is 17.4. The van der Waals surface area contributed by atoms with Gasteiger partial charge in [0.05, 0.1) is 16.8 Å². The van der Waals surface area contributed by atoms with Crippen LogP contribution in [0.3, 0.4) is 0 Å². The molecule has 7 aromatic rings. The monoisotopic (exact) mass is 421 g/mol. The summed E-state index contributed by atoms with van der Waals surface area (Å²) in [6.45, 7) is 0. The SMILES string of the molecule is O=C1c2c(nc3ccccc3c2O)-c2ccc3c4cccc5cccc(c6ccc1c2c63)c54. The summed E-state index contributed by atoms with van der Waals surface area (Å²) in [5.41, 5.74) is 3.05. The smallest absolute Gasteiger partial charge is 0.199 e. The number of carbonyl (C=O) groups excluding carboxylic acids is 1. The number of hydrogen-bond donors (Lipinski definition) is 1. The first-order valence-electron chi connectivity index (χ1n) is 11.0. The van der Waals surface area contributed by atoms with Gasteiger partial charge in [0.15, 0.2) is 5.78 Å². The minimum atomic E-state index is -0.172. The minimum Gasteiger partial charge on any atom is -0.506 e. The molecule has 0 amide bonds. The van der Waals surface area contributed by atoms with E-state index < -0.39 is 0 Å². The Labute approximate surface area is 187 Å². The van der Waals surface area contributed by atoms with Gasteiger partial charge >= 0.3 is 0 Å². The zero-order valence-electron chi connectivity index (χ0n) is 17.4. The lowest BCUT2D eigenvalue weighted by Crippen LogP contribution is -2.12. The van der Waals surface area contributed by atoms with Crippen LogP contribution >= 0.6 is 0 Å². The Kier molecular flexibility index (Phi) is 2.92. The largest absolute Gasteiger partial charge is 0.506 e. The van der Waals surface area contributed by atoms with E-state index in [-0.39, 0.29) is 11.5 Å². The Morgan fingerprint density at radius 3 is 1.97 bits per heavy atom. The van der Waals surface area contributed by atoms with Crippen LogP contribution in [-0.2, 0) is 0 Å². The summed E-state index contributed by atoms with van der Waals surface area (Å²) < 4.78 is 0. The highest BCUT2D eigenvalue weighted by Gasteiger charge is 2.31. The second-order valence-electron chi connectivity index (χ2n) is 8.81. The summed E-state index contributed by atoms with van der Waals surface area (Å²) >= 11 is 0. The molecule has 0 saturated carbocycles. The first kappa shape index (κ1) is 17.1. The van der Waals surface area contributed by atoms with Crippen molar-refractivity contribution < 1.29 is 9.90 Å². The molecule has 8 rings (SSSR count). The Morgan fingerprint density at radius 1 is 0.576 bits per heavy atom. The van der Waals surface area contributed by atoms with Crippen molar-refractivity contribution in [1.29, 1.82) is 0 Å². The van der Waals surface area contributed by atoms with Crippen molar-refractivity contribution in [2.45, 2.75) is 0 Å². The van der Waals surface area contributed by atoms with Gasteiger partial charge in [-0.25, -0.2) is 4.98 Å². The number of aromatic hydroxyl groups is 1. The predicted octanol–water partition coefficient (Wildman–Crippen LogP) is 7.20. The number of para-hydroxylation sites is 1. The molecule has 1 aromatic heterocycles. The third-order valence-corrected chi connectivity index (χ3v) is 7.24. The molecule has 0 unspecified atom stereocenters. The second kappa shape index (κ2) is 5.64. The number of ketones is 1. The summed E-state index contributed by atoms with van der Waals surface area (Å²) in [5.74, 6) is -0.163. The van der Waals surface area contributed by atoms with E-state index in [1.807, 2.05) is 24.3 Å². The fourth-order valence-electron chi connectivity index (χ4n) is 5.86. The van der Waals surface area contributed by atoms with Gasteiger partial charge in [0, 0.05) is 21.9 Å². The van der Waals surface area contributed by atoms with Crippen LogP contribution in [0.25, 0.3) is 65.3 Å². The number of nitrogens with zero attached hydrogens (tertiary/aromatic N) is 1. The van der Waals surface area contributed by atoms with Crippen LogP contribution in [-0.4, -0.2) is 15.9 Å². The van der Waals surface area contributed by atoms with Crippen LogP contribution in [0.2, 0.25) is 0 Å². The molecule has 3 heteroatoms.